The molecule has 12 rings (SSSR count). The number of aromatic nitrogens is 1. The molecule has 4 nitrogen and oxygen atoms in total. The molecule has 1 unspecified atom stereocenters. The van der Waals surface area contributed by atoms with Crippen molar-refractivity contribution in [2.45, 2.75) is 25.4 Å². The van der Waals surface area contributed by atoms with E-state index in [2.05, 4.69) is 218 Å². The first-order valence-corrected chi connectivity index (χ1v) is 22.1. The van der Waals surface area contributed by atoms with Crippen molar-refractivity contribution in [3.05, 3.63) is 246 Å². The Morgan fingerprint density at radius 2 is 1.02 bits per heavy atom. The Labute approximate surface area is 373 Å². The summed E-state index contributed by atoms with van der Waals surface area (Å²) < 4.78 is 2.42. The van der Waals surface area contributed by atoms with Crippen LogP contribution in [0.5, 0.6) is 0 Å². The highest BCUT2D eigenvalue weighted by molar-refractivity contribution is 6.15. The van der Waals surface area contributed by atoms with Gasteiger partial charge in [0.05, 0.1) is 11.0 Å². The number of fused-ring (bicyclic) bond motifs is 6. The molecule has 0 fully saturated rings. The van der Waals surface area contributed by atoms with E-state index in [-0.39, 0.29) is 11.6 Å². The van der Waals surface area contributed by atoms with Crippen molar-refractivity contribution in [2.24, 2.45) is 9.98 Å². The number of nitrogens with zero attached hydrogens (tertiary/aromatic N) is 3. The normalized spacial score (nSPS) is 15.0. The molecule has 64 heavy (non-hydrogen) atoms. The third-order valence-electron chi connectivity index (χ3n) is 13.3. The Morgan fingerprint density at radius 1 is 0.438 bits per heavy atom. The van der Waals surface area contributed by atoms with Gasteiger partial charge in [-0.05, 0) is 79.9 Å². The van der Waals surface area contributed by atoms with Crippen LogP contribution < -0.4 is 5.32 Å². The molecule has 0 amide bonds. The second kappa shape index (κ2) is 15.1. The zero-order valence-electron chi connectivity index (χ0n) is 35.7. The molecule has 1 N–H and O–H groups in total. The van der Waals surface area contributed by atoms with Gasteiger partial charge in [-0.2, -0.15) is 0 Å². The van der Waals surface area contributed by atoms with Gasteiger partial charge in [-0.25, -0.2) is 9.98 Å². The van der Waals surface area contributed by atoms with Crippen LogP contribution in [0.4, 0.5) is 0 Å². The van der Waals surface area contributed by atoms with E-state index < -0.39 is 0 Å². The van der Waals surface area contributed by atoms with Gasteiger partial charge in [-0.1, -0.05) is 208 Å². The predicted octanol–water partition coefficient (Wildman–Crippen LogP) is 14.6. The van der Waals surface area contributed by atoms with Crippen LogP contribution in [0.1, 0.15) is 47.8 Å². The zero-order chi connectivity index (χ0) is 42.8. The van der Waals surface area contributed by atoms with Gasteiger partial charge in [0.25, 0.3) is 0 Å². The zero-order valence-corrected chi connectivity index (χ0v) is 35.7. The van der Waals surface area contributed by atoms with Crippen molar-refractivity contribution < 1.29 is 0 Å². The van der Waals surface area contributed by atoms with Crippen LogP contribution >= 0.6 is 0 Å². The van der Waals surface area contributed by atoms with E-state index in [9.17, 15) is 0 Å². The van der Waals surface area contributed by atoms with E-state index >= 15 is 0 Å². The molecule has 0 bridgehead atoms. The Balaban J connectivity index is 0.929. The number of hydrogen-bond donors (Lipinski definition) is 1. The summed E-state index contributed by atoms with van der Waals surface area (Å²) in [4.78, 5) is 10.4. The van der Waals surface area contributed by atoms with Crippen LogP contribution in [0.3, 0.4) is 0 Å². The number of nitrogens with one attached hydrogen (secondary N) is 1. The van der Waals surface area contributed by atoms with Gasteiger partial charge in [0.15, 0.2) is 5.84 Å². The summed E-state index contributed by atoms with van der Waals surface area (Å²) in [5.41, 5.74) is 19.0. The standard InChI is InChI=1S/C60H44N4/c1-60(2)53-25-11-9-21-49(53)50-36-35-45(38-54(50)60)41-27-31-42(32-28-41)48-23-14-24-52-51-22-10-12-26-55(51)64(56(48)52)47-20-13-19-46(37-47)59-62-57(43-17-7-4-8-18-43)61-58(63-59)44-33-29-40(30-34-44)39-15-5-3-6-16-39/h3-38,58H,1-2H3,(H,61,62,63). The number of amidine groups is 2. The van der Waals surface area contributed by atoms with Crippen LogP contribution in [0, 0.1) is 0 Å². The maximum Gasteiger partial charge on any atom is 0.159 e. The molecule has 4 heteroatoms. The maximum absolute atomic E-state index is 5.19. The predicted molar refractivity (Wildman–Crippen MR) is 266 cm³/mol. The summed E-state index contributed by atoms with van der Waals surface area (Å²) in [6.45, 7) is 4.69. The molecule has 0 spiro atoms. The van der Waals surface area contributed by atoms with E-state index in [1.807, 2.05) is 24.3 Å². The fourth-order valence-electron chi connectivity index (χ4n) is 10.0. The molecule has 10 aromatic rings. The van der Waals surface area contributed by atoms with E-state index in [0.717, 1.165) is 33.7 Å². The Hall–Kier alpha value is -8.08. The van der Waals surface area contributed by atoms with Gasteiger partial charge < -0.3 is 9.88 Å². The lowest BCUT2D eigenvalue weighted by molar-refractivity contribution is 0.660. The second-order valence-electron chi connectivity index (χ2n) is 17.4. The largest absolute Gasteiger partial charge is 0.344 e. The Bertz CT molecular complexity index is 3470. The average molecular weight is 821 g/mol. The molecular formula is C60H44N4. The third-order valence-corrected chi connectivity index (χ3v) is 13.3. The molecule has 2 aliphatic rings. The molecule has 0 radical (unpaired) electrons. The van der Waals surface area contributed by atoms with E-state index in [0.29, 0.717) is 5.84 Å². The first kappa shape index (κ1) is 37.7. The van der Waals surface area contributed by atoms with Gasteiger partial charge in [-0.3, -0.25) is 0 Å². The molecule has 0 saturated carbocycles. The highest BCUT2D eigenvalue weighted by Crippen LogP contribution is 2.49. The molecule has 1 atom stereocenters. The highest BCUT2D eigenvalue weighted by atomic mass is 15.2. The Kier molecular flexibility index (Phi) is 8.87. The van der Waals surface area contributed by atoms with Gasteiger partial charge in [0, 0.05) is 38.6 Å². The topological polar surface area (TPSA) is 41.7 Å². The van der Waals surface area contributed by atoms with Crippen molar-refractivity contribution in [3.8, 4) is 50.2 Å². The van der Waals surface area contributed by atoms with Crippen LogP contribution in [0.15, 0.2) is 228 Å². The van der Waals surface area contributed by atoms with Gasteiger partial charge in [-0.15, -0.1) is 0 Å². The summed E-state index contributed by atoms with van der Waals surface area (Å²) >= 11 is 0. The Morgan fingerprint density at radius 3 is 1.83 bits per heavy atom. The average Bonchev–Trinajstić information content (AvgIpc) is 3.83. The number of rotatable bonds is 7. The number of aliphatic imine (C=N–C) groups is 2. The van der Waals surface area contributed by atoms with E-state index in [1.165, 1.54) is 71.9 Å². The minimum atomic E-state index is -0.321. The quantitative estimate of drug-likeness (QED) is 0.171. The van der Waals surface area contributed by atoms with Crippen molar-refractivity contribution in [2.75, 3.05) is 0 Å². The highest BCUT2D eigenvalue weighted by Gasteiger charge is 2.35. The maximum atomic E-state index is 5.19. The first-order chi connectivity index (χ1) is 31.5. The summed E-state index contributed by atoms with van der Waals surface area (Å²) in [5.74, 6) is 1.48. The van der Waals surface area contributed by atoms with Gasteiger partial charge in [0.2, 0.25) is 0 Å². The lowest BCUT2D eigenvalue weighted by Gasteiger charge is -2.24. The van der Waals surface area contributed by atoms with Crippen LogP contribution in [0.25, 0.3) is 72.0 Å². The summed E-state index contributed by atoms with van der Waals surface area (Å²) in [7, 11) is 0. The summed E-state index contributed by atoms with van der Waals surface area (Å²) in [6, 6.07) is 78.6. The lowest BCUT2D eigenvalue weighted by Crippen LogP contribution is -2.33. The molecule has 1 aromatic heterocycles. The minimum Gasteiger partial charge on any atom is -0.344 e. The molecule has 2 heterocycles. The number of benzene rings is 9. The van der Waals surface area contributed by atoms with Crippen molar-refractivity contribution in [1.82, 2.24) is 9.88 Å². The van der Waals surface area contributed by atoms with E-state index in [1.54, 1.807) is 0 Å². The molecule has 304 valence electrons. The van der Waals surface area contributed by atoms with Crippen molar-refractivity contribution in [1.29, 1.82) is 0 Å². The number of para-hydroxylation sites is 2. The summed E-state index contributed by atoms with van der Waals surface area (Å²) in [6.07, 6.45) is -0.321. The van der Waals surface area contributed by atoms with Crippen molar-refractivity contribution >= 4 is 33.5 Å². The van der Waals surface area contributed by atoms with Crippen molar-refractivity contribution in [3.63, 3.8) is 0 Å². The molecular weight excluding hydrogens is 777 g/mol. The number of hydrogen-bond acceptors (Lipinski definition) is 3. The van der Waals surface area contributed by atoms with Crippen LogP contribution in [-0.2, 0) is 5.41 Å². The minimum absolute atomic E-state index is 0.0452. The molecule has 1 aliphatic carbocycles. The first-order valence-electron chi connectivity index (χ1n) is 22.1. The SMILES string of the molecule is CC1(C)c2ccccc2-c2ccc(-c3ccc(-c4cccc5c6ccccc6n(-c6cccc(C7=NC(c8ccccc8)=NC(c8ccc(-c9ccccc9)cc8)N7)c6)c45)cc3)cc21. The molecule has 1 aliphatic heterocycles. The van der Waals surface area contributed by atoms with Crippen LogP contribution in [0.2, 0.25) is 0 Å². The second-order valence-corrected chi connectivity index (χ2v) is 17.4. The van der Waals surface area contributed by atoms with Crippen LogP contribution in [-0.4, -0.2) is 16.2 Å². The fraction of sp³-hybridized carbons (Fsp3) is 0.0667. The third kappa shape index (κ3) is 6.29. The summed E-state index contributed by atoms with van der Waals surface area (Å²) in [5, 5.41) is 6.16. The molecule has 9 aromatic carbocycles. The van der Waals surface area contributed by atoms with E-state index in [4.69, 9.17) is 9.98 Å². The lowest BCUT2D eigenvalue weighted by atomic mass is 9.81. The molecule has 0 saturated heterocycles. The fourth-order valence-corrected chi connectivity index (χ4v) is 10.0. The smallest absolute Gasteiger partial charge is 0.159 e. The van der Waals surface area contributed by atoms with Gasteiger partial charge >= 0.3 is 0 Å². The monoisotopic (exact) mass is 820 g/mol. The van der Waals surface area contributed by atoms with Gasteiger partial charge in [0.1, 0.15) is 12.0 Å².